The van der Waals surface area contributed by atoms with Crippen LogP contribution in [0, 0.1) is 0 Å². The molecule has 0 aliphatic carbocycles. The standard InChI is InChI=1S/C25H36N2O3/c1-29-25-16-22(18-26-17-21-10-6-5-7-11-21)12-13-24(25)30-20-23(28)19-27-14-8-3-2-4-9-15-27/h5-7,10-13,16,23,26,28H,2-4,8-9,14-15,17-20H2,1H3. The Morgan fingerprint density at radius 1 is 0.900 bits per heavy atom. The summed E-state index contributed by atoms with van der Waals surface area (Å²) < 4.78 is 11.4. The van der Waals surface area contributed by atoms with E-state index >= 15 is 0 Å². The highest BCUT2D eigenvalue weighted by Gasteiger charge is 2.15. The molecule has 30 heavy (non-hydrogen) atoms. The Morgan fingerprint density at radius 2 is 1.60 bits per heavy atom. The van der Waals surface area contributed by atoms with Crippen LogP contribution >= 0.6 is 0 Å². The Labute approximate surface area is 181 Å². The number of hydrogen-bond donors (Lipinski definition) is 2. The number of rotatable bonds is 10. The van der Waals surface area contributed by atoms with Crippen LogP contribution in [0.15, 0.2) is 48.5 Å². The van der Waals surface area contributed by atoms with E-state index in [1.54, 1.807) is 7.11 Å². The molecule has 0 radical (unpaired) electrons. The van der Waals surface area contributed by atoms with Gasteiger partial charge in [-0.05, 0) is 49.2 Å². The molecule has 1 heterocycles. The number of hydrogen-bond acceptors (Lipinski definition) is 5. The average molecular weight is 413 g/mol. The molecule has 0 amide bonds. The van der Waals surface area contributed by atoms with Crippen molar-refractivity contribution >= 4 is 0 Å². The Morgan fingerprint density at radius 3 is 2.33 bits per heavy atom. The van der Waals surface area contributed by atoms with Crippen LogP contribution in [0.5, 0.6) is 11.5 Å². The quantitative estimate of drug-likeness (QED) is 0.618. The zero-order valence-corrected chi connectivity index (χ0v) is 18.2. The molecule has 5 heteroatoms. The van der Waals surface area contributed by atoms with E-state index in [0.717, 1.165) is 31.7 Å². The molecule has 1 fully saturated rings. The van der Waals surface area contributed by atoms with E-state index in [1.807, 2.05) is 24.3 Å². The number of nitrogens with one attached hydrogen (secondary N) is 1. The van der Waals surface area contributed by atoms with Gasteiger partial charge < -0.3 is 24.8 Å². The van der Waals surface area contributed by atoms with E-state index < -0.39 is 6.10 Å². The van der Waals surface area contributed by atoms with Gasteiger partial charge in [-0.25, -0.2) is 0 Å². The number of benzene rings is 2. The van der Waals surface area contributed by atoms with Gasteiger partial charge in [-0.1, -0.05) is 55.7 Å². The minimum atomic E-state index is -0.499. The van der Waals surface area contributed by atoms with Gasteiger partial charge in [0.05, 0.1) is 7.11 Å². The highest BCUT2D eigenvalue weighted by molar-refractivity contribution is 5.43. The molecule has 1 unspecified atom stereocenters. The maximum absolute atomic E-state index is 10.4. The van der Waals surface area contributed by atoms with E-state index in [4.69, 9.17) is 9.47 Å². The van der Waals surface area contributed by atoms with E-state index in [2.05, 4.69) is 34.5 Å². The highest BCUT2D eigenvalue weighted by atomic mass is 16.5. The lowest BCUT2D eigenvalue weighted by atomic mass is 10.1. The van der Waals surface area contributed by atoms with Crippen LogP contribution in [-0.2, 0) is 13.1 Å². The van der Waals surface area contributed by atoms with Crippen molar-refractivity contribution in [1.29, 1.82) is 0 Å². The molecule has 164 valence electrons. The van der Waals surface area contributed by atoms with Crippen LogP contribution in [0.1, 0.15) is 43.2 Å². The average Bonchev–Trinajstić information content (AvgIpc) is 2.75. The maximum atomic E-state index is 10.4. The molecule has 2 aromatic rings. The van der Waals surface area contributed by atoms with Gasteiger partial charge in [0.15, 0.2) is 11.5 Å². The number of β-amino-alcohol motifs (C(OH)–C–C–N with tert-alkyl or cyclic N) is 1. The summed E-state index contributed by atoms with van der Waals surface area (Å²) >= 11 is 0. The Kier molecular flexibility index (Phi) is 9.48. The van der Waals surface area contributed by atoms with E-state index in [0.29, 0.717) is 18.0 Å². The summed E-state index contributed by atoms with van der Waals surface area (Å²) in [6.45, 7) is 4.67. The third-order valence-corrected chi connectivity index (χ3v) is 5.58. The summed E-state index contributed by atoms with van der Waals surface area (Å²) in [6, 6.07) is 16.3. The Balaban J connectivity index is 1.45. The largest absolute Gasteiger partial charge is 0.493 e. The van der Waals surface area contributed by atoms with Crippen LogP contribution in [0.4, 0.5) is 0 Å². The number of methoxy groups -OCH3 is 1. The monoisotopic (exact) mass is 412 g/mol. The van der Waals surface area contributed by atoms with Gasteiger partial charge in [-0.15, -0.1) is 0 Å². The van der Waals surface area contributed by atoms with Crippen LogP contribution in [0.2, 0.25) is 0 Å². The first kappa shape index (κ1) is 22.6. The van der Waals surface area contributed by atoms with Crippen LogP contribution in [-0.4, -0.2) is 49.5 Å². The van der Waals surface area contributed by atoms with Crippen molar-refractivity contribution in [3.8, 4) is 11.5 Å². The van der Waals surface area contributed by atoms with Gasteiger partial charge in [0.1, 0.15) is 12.7 Å². The first-order valence-electron chi connectivity index (χ1n) is 11.2. The van der Waals surface area contributed by atoms with E-state index in [1.165, 1.54) is 37.7 Å². The van der Waals surface area contributed by atoms with Gasteiger partial charge in [-0.3, -0.25) is 0 Å². The highest BCUT2D eigenvalue weighted by Crippen LogP contribution is 2.28. The summed E-state index contributed by atoms with van der Waals surface area (Å²) in [4.78, 5) is 2.37. The van der Waals surface area contributed by atoms with E-state index in [9.17, 15) is 5.11 Å². The minimum Gasteiger partial charge on any atom is -0.493 e. The maximum Gasteiger partial charge on any atom is 0.161 e. The Hall–Kier alpha value is -2.08. The molecule has 2 N–H and O–H groups in total. The van der Waals surface area contributed by atoms with Crippen molar-refractivity contribution in [3.05, 3.63) is 59.7 Å². The molecular weight excluding hydrogens is 376 g/mol. The first-order valence-corrected chi connectivity index (χ1v) is 11.2. The van der Waals surface area contributed by atoms with Crippen molar-refractivity contribution in [2.45, 2.75) is 51.3 Å². The number of aliphatic hydroxyl groups is 1. The molecule has 3 rings (SSSR count). The predicted octanol–water partition coefficient (Wildman–Crippen LogP) is 3.99. The fraction of sp³-hybridized carbons (Fsp3) is 0.520. The third-order valence-electron chi connectivity index (χ3n) is 5.58. The molecule has 5 nitrogen and oxygen atoms in total. The number of nitrogens with zero attached hydrogens (tertiary/aromatic N) is 1. The van der Waals surface area contributed by atoms with Gasteiger partial charge in [0, 0.05) is 19.6 Å². The molecule has 1 atom stereocenters. The van der Waals surface area contributed by atoms with Gasteiger partial charge in [-0.2, -0.15) is 0 Å². The van der Waals surface area contributed by atoms with Crippen molar-refractivity contribution in [2.24, 2.45) is 0 Å². The summed E-state index contributed by atoms with van der Waals surface area (Å²) in [6.07, 6.45) is 5.89. The summed E-state index contributed by atoms with van der Waals surface area (Å²) in [5.41, 5.74) is 2.40. The normalized spacial score (nSPS) is 16.5. The molecule has 0 aromatic heterocycles. The fourth-order valence-electron chi connectivity index (χ4n) is 3.92. The molecule has 0 spiro atoms. The van der Waals surface area contributed by atoms with Gasteiger partial charge in [0.2, 0.25) is 0 Å². The van der Waals surface area contributed by atoms with Crippen molar-refractivity contribution in [2.75, 3.05) is 33.4 Å². The lowest BCUT2D eigenvalue weighted by Crippen LogP contribution is -2.37. The topological polar surface area (TPSA) is 54.0 Å². The summed E-state index contributed by atoms with van der Waals surface area (Å²) in [5, 5.41) is 13.9. The molecule has 0 saturated carbocycles. The van der Waals surface area contributed by atoms with Crippen LogP contribution in [0.3, 0.4) is 0 Å². The summed E-state index contributed by atoms with van der Waals surface area (Å²) in [5.74, 6) is 1.38. The van der Waals surface area contributed by atoms with Crippen molar-refractivity contribution < 1.29 is 14.6 Å². The SMILES string of the molecule is COc1cc(CNCc2ccccc2)ccc1OCC(O)CN1CCCCCCC1. The second-order valence-corrected chi connectivity index (χ2v) is 8.11. The second-order valence-electron chi connectivity index (χ2n) is 8.11. The predicted molar refractivity (Wildman–Crippen MR) is 121 cm³/mol. The van der Waals surface area contributed by atoms with E-state index in [-0.39, 0.29) is 6.61 Å². The van der Waals surface area contributed by atoms with Gasteiger partial charge >= 0.3 is 0 Å². The molecule has 1 aliphatic rings. The lowest BCUT2D eigenvalue weighted by Gasteiger charge is -2.26. The molecule has 0 bridgehead atoms. The molecular formula is C25H36N2O3. The number of aliphatic hydroxyl groups excluding tert-OH is 1. The first-order chi connectivity index (χ1) is 14.7. The number of ether oxygens (including phenoxy) is 2. The zero-order valence-electron chi connectivity index (χ0n) is 18.2. The smallest absolute Gasteiger partial charge is 0.161 e. The Bertz CT molecular complexity index is 730. The van der Waals surface area contributed by atoms with Crippen molar-refractivity contribution in [3.63, 3.8) is 0 Å². The minimum absolute atomic E-state index is 0.276. The van der Waals surface area contributed by atoms with Crippen molar-refractivity contribution in [1.82, 2.24) is 10.2 Å². The molecule has 2 aromatic carbocycles. The van der Waals surface area contributed by atoms with Crippen LogP contribution in [0.25, 0.3) is 0 Å². The third kappa shape index (κ3) is 7.63. The molecule has 1 saturated heterocycles. The lowest BCUT2D eigenvalue weighted by molar-refractivity contribution is 0.0645. The number of likely N-dealkylation sites (tertiary alicyclic amines) is 1. The second kappa shape index (κ2) is 12.6. The zero-order chi connectivity index (χ0) is 21.0. The van der Waals surface area contributed by atoms with Gasteiger partial charge in [0.25, 0.3) is 0 Å². The summed E-state index contributed by atoms with van der Waals surface area (Å²) in [7, 11) is 1.65. The van der Waals surface area contributed by atoms with Crippen LogP contribution < -0.4 is 14.8 Å². The fourth-order valence-corrected chi connectivity index (χ4v) is 3.92. The molecule has 1 aliphatic heterocycles.